The van der Waals surface area contributed by atoms with E-state index in [0.717, 1.165) is 119 Å². The number of amides is 1. The maximum absolute atomic E-state index is 14.0. The summed E-state index contributed by atoms with van der Waals surface area (Å²) in [6.07, 6.45) is 12.5. The molecule has 16 heteroatoms. The molecule has 1 spiro atoms. The zero-order chi connectivity index (χ0) is 45.3. The smallest absolute Gasteiger partial charge is 0.293 e. The van der Waals surface area contributed by atoms with E-state index in [-0.39, 0.29) is 28.0 Å². The topological polar surface area (TPSA) is 172 Å². The van der Waals surface area contributed by atoms with Gasteiger partial charge in [0.1, 0.15) is 22.8 Å². The largest absolute Gasteiger partial charge is 0.455 e. The molecule has 14 nitrogen and oxygen atoms in total. The van der Waals surface area contributed by atoms with Crippen LogP contribution in [0.1, 0.15) is 87.6 Å². The number of nitrogens with zero attached hydrogens (tertiary/aromatic N) is 4. The molecule has 1 amide bonds. The Bertz CT molecular complexity index is 2710. The molecule has 342 valence electrons. The van der Waals surface area contributed by atoms with Crippen LogP contribution in [0.25, 0.3) is 16.6 Å². The summed E-state index contributed by atoms with van der Waals surface area (Å²) in [6.45, 7) is 9.98. The molecule has 2 saturated heterocycles. The van der Waals surface area contributed by atoms with Gasteiger partial charge in [0.05, 0.1) is 27.2 Å². The molecular formula is C49H56ClN7O7S. The molecule has 3 aromatic carbocycles. The van der Waals surface area contributed by atoms with Crippen LogP contribution in [0.4, 0.5) is 17.1 Å². The molecule has 5 aromatic rings. The monoisotopic (exact) mass is 921 g/mol. The highest BCUT2D eigenvalue weighted by molar-refractivity contribution is 7.90. The number of halogens is 1. The zero-order valence-corrected chi connectivity index (χ0v) is 38.5. The second-order valence-electron chi connectivity index (χ2n) is 18.9. The highest BCUT2D eigenvalue weighted by atomic mass is 35.5. The summed E-state index contributed by atoms with van der Waals surface area (Å²) in [5, 5.41) is 17.0. The van der Waals surface area contributed by atoms with Gasteiger partial charge in [-0.25, -0.2) is 18.1 Å². The van der Waals surface area contributed by atoms with Gasteiger partial charge in [0, 0.05) is 80.3 Å². The summed E-state index contributed by atoms with van der Waals surface area (Å²) in [5.74, 6) is -0.142. The second kappa shape index (κ2) is 18.4. The Balaban J connectivity index is 0.905. The van der Waals surface area contributed by atoms with Crippen LogP contribution in [0.2, 0.25) is 5.02 Å². The number of fused-ring (bicyclic) bond motifs is 1. The van der Waals surface area contributed by atoms with Crippen molar-refractivity contribution in [3.05, 3.63) is 117 Å². The van der Waals surface area contributed by atoms with E-state index in [1.54, 1.807) is 30.5 Å². The molecule has 0 atom stereocenters. The van der Waals surface area contributed by atoms with Gasteiger partial charge in [-0.3, -0.25) is 19.8 Å². The first-order valence-electron chi connectivity index (χ1n) is 22.6. The third kappa shape index (κ3) is 10.2. The maximum atomic E-state index is 14.0. The minimum atomic E-state index is -4.56. The standard InChI is InChI=1S/C49H56ClN7O7S/c1-48(2)17-14-36(42(29-48)34-4-6-37(50)7-5-34)32-55-21-23-56(24-22-55)38-8-10-41(45(27-38)64-39-26-35-15-20-51-46(35)53-31-39)47(58)54-65(61,62)40-9-11-43(44(28-40)57(59)60)52-30-33-12-18-49(19-13-33)16-3-25-63-49/h4-11,15,20,26-28,31,33,52H,3,12-14,16-19,21-25,29-30,32H2,1-2H3,(H,51,53)(H,54,58). The average molecular weight is 923 g/mol. The number of aromatic nitrogens is 2. The van der Waals surface area contributed by atoms with E-state index in [2.05, 4.69) is 55.8 Å². The number of hydrogen-bond acceptors (Lipinski definition) is 11. The molecule has 9 rings (SSSR count). The van der Waals surface area contributed by atoms with Crippen molar-refractivity contribution in [1.29, 1.82) is 0 Å². The van der Waals surface area contributed by atoms with Crippen molar-refractivity contribution in [2.75, 3.05) is 56.1 Å². The Morgan fingerprint density at radius 3 is 2.52 bits per heavy atom. The van der Waals surface area contributed by atoms with Crippen molar-refractivity contribution in [1.82, 2.24) is 19.6 Å². The summed E-state index contributed by atoms with van der Waals surface area (Å²) in [4.78, 5) is 37.4. The van der Waals surface area contributed by atoms with Crippen LogP contribution in [0, 0.1) is 21.4 Å². The molecule has 3 N–H and O–H groups in total. The Morgan fingerprint density at radius 1 is 1.00 bits per heavy atom. The minimum absolute atomic E-state index is 0.0161. The second-order valence-corrected chi connectivity index (χ2v) is 21.0. The fourth-order valence-electron chi connectivity index (χ4n) is 10.0. The lowest BCUT2D eigenvalue weighted by Gasteiger charge is -2.39. The van der Waals surface area contributed by atoms with Gasteiger partial charge in [-0.1, -0.05) is 43.2 Å². The van der Waals surface area contributed by atoms with Crippen LogP contribution in [-0.4, -0.2) is 85.6 Å². The number of piperazine rings is 1. The molecule has 65 heavy (non-hydrogen) atoms. The number of carbonyl (C=O) groups is 1. The highest BCUT2D eigenvalue weighted by Gasteiger charge is 2.39. The van der Waals surface area contributed by atoms with Gasteiger partial charge in [0.2, 0.25) is 0 Å². The number of allylic oxidation sites excluding steroid dienone is 1. The van der Waals surface area contributed by atoms with E-state index in [9.17, 15) is 23.3 Å². The fourth-order valence-corrected chi connectivity index (χ4v) is 11.1. The lowest BCUT2D eigenvalue weighted by atomic mass is 9.72. The van der Waals surface area contributed by atoms with Gasteiger partial charge < -0.3 is 24.7 Å². The Morgan fingerprint density at radius 2 is 1.78 bits per heavy atom. The lowest BCUT2D eigenvalue weighted by molar-refractivity contribution is -0.384. The Kier molecular flexibility index (Phi) is 12.7. The number of benzene rings is 3. The number of nitro groups is 1. The van der Waals surface area contributed by atoms with Crippen molar-refractivity contribution in [2.45, 2.75) is 82.1 Å². The normalized spacial score (nSPS) is 21.5. The molecular weight excluding hydrogens is 866 g/mol. The van der Waals surface area contributed by atoms with Gasteiger partial charge >= 0.3 is 0 Å². The lowest BCUT2D eigenvalue weighted by Crippen LogP contribution is -2.47. The number of carbonyl (C=O) groups excluding carboxylic acids is 1. The third-order valence-corrected chi connectivity index (χ3v) is 15.4. The summed E-state index contributed by atoms with van der Waals surface area (Å²) in [7, 11) is -4.56. The molecule has 2 aromatic heterocycles. The fraction of sp³-hybridized carbons (Fsp3) is 0.429. The summed E-state index contributed by atoms with van der Waals surface area (Å²) in [6, 6.07) is 20.6. The number of anilines is 2. The van der Waals surface area contributed by atoms with Crippen molar-refractivity contribution in [3.63, 3.8) is 0 Å². The van der Waals surface area contributed by atoms with Gasteiger partial charge in [-0.2, -0.15) is 0 Å². The predicted octanol–water partition coefficient (Wildman–Crippen LogP) is 9.97. The van der Waals surface area contributed by atoms with E-state index in [1.165, 1.54) is 35.0 Å². The number of sulfonamides is 1. The first-order chi connectivity index (χ1) is 31.2. The van der Waals surface area contributed by atoms with Crippen LogP contribution >= 0.6 is 11.6 Å². The summed E-state index contributed by atoms with van der Waals surface area (Å²) >= 11 is 6.25. The first-order valence-corrected chi connectivity index (χ1v) is 24.5. The van der Waals surface area contributed by atoms with E-state index in [1.807, 2.05) is 18.2 Å². The SMILES string of the molecule is CC1(C)CCC(CN2CCN(c3ccc(C(=O)NS(=O)(=O)c4ccc(NCC5CCC6(CCCO6)CC5)c([N+](=O)[O-])c4)c(Oc4cnc5[nH]ccc5c4)c3)CC2)=C(c2ccc(Cl)cc2)C1. The number of nitro benzene ring substituents is 1. The van der Waals surface area contributed by atoms with Crippen molar-refractivity contribution < 1.29 is 27.6 Å². The van der Waals surface area contributed by atoms with Crippen LogP contribution in [0.3, 0.4) is 0 Å². The summed E-state index contributed by atoms with van der Waals surface area (Å²) in [5.41, 5.74) is 5.60. The molecule has 1 saturated carbocycles. The van der Waals surface area contributed by atoms with E-state index in [0.29, 0.717) is 23.9 Å². The number of nitrogens with one attached hydrogen (secondary N) is 3. The summed E-state index contributed by atoms with van der Waals surface area (Å²) < 4.78 is 42.1. The quantitative estimate of drug-likeness (QED) is 0.0758. The Hall–Kier alpha value is -5.48. The number of ether oxygens (including phenoxy) is 2. The van der Waals surface area contributed by atoms with Crippen LogP contribution in [0.5, 0.6) is 11.5 Å². The van der Waals surface area contributed by atoms with Gasteiger partial charge in [-0.15, -0.1) is 0 Å². The van der Waals surface area contributed by atoms with Crippen molar-refractivity contribution in [3.8, 4) is 11.5 Å². The van der Waals surface area contributed by atoms with Crippen LogP contribution < -0.4 is 19.7 Å². The molecule has 3 fully saturated rings. The van der Waals surface area contributed by atoms with Gasteiger partial charge in [0.15, 0.2) is 0 Å². The number of aromatic amines is 1. The van der Waals surface area contributed by atoms with Gasteiger partial charge in [0.25, 0.3) is 21.6 Å². The first kappa shape index (κ1) is 44.7. The molecule has 0 radical (unpaired) electrons. The molecule has 4 aliphatic rings. The van der Waals surface area contributed by atoms with Crippen molar-refractivity contribution in [2.24, 2.45) is 11.3 Å². The highest BCUT2D eigenvalue weighted by Crippen LogP contribution is 2.44. The van der Waals surface area contributed by atoms with E-state index in [4.69, 9.17) is 21.1 Å². The Labute approximate surface area is 384 Å². The number of rotatable bonds is 13. The van der Waals surface area contributed by atoms with Gasteiger partial charge in [-0.05, 0) is 129 Å². The van der Waals surface area contributed by atoms with Crippen LogP contribution in [0.15, 0.2) is 95.7 Å². The number of pyridine rings is 1. The molecule has 0 bridgehead atoms. The predicted molar refractivity (Wildman–Crippen MR) is 253 cm³/mol. The molecule has 2 aliphatic heterocycles. The van der Waals surface area contributed by atoms with Crippen molar-refractivity contribution >= 4 is 61.2 Å². The minimum Gasteiger partial charge on any atom is -0.455 e. The third-order valence-electron chi connectivity index (χ3n) is 13.8. The van der Waals surface area contributed by atoms with Crippen LogP contribution in [-0.2, 0) is 14.8 Å². The molecule has 2 aliphatic carbocycles. The number of hydrogen-bond donors (Lipinski definition) is 3. The van der Waals surface area contributed by atoms with E-state index >= 15 is 0 Å². The zero-order valence-electron chi connectivity index (χ0n) is 36.9. The average Bonchev–Trinajstić information content (AvgIpc) is 3.96. The number of H-pyrrole nitrogens is 1. The van der Waals surface area contributed by atoms with E-state index < -0.39 is 31.4 Å². The molecule has 4 heterocycles. The molecule has 0 unspecified atom stereocenters. The maximum Gasteiger partial charge on any atom is 0.293 e.